The summed E-state index contributed by atoms with van der Waals surface area (Å²) >= 11 is 0. The highest BCUT2D eigenvalue weighted by atomic mass is 35.5. The fourth-order valence-corrected chi connectivity index (χ4v) is 2.08. The van der Waals surface area contributed by atoms with Crippen LogP contribution in [0.1, 0.15) is 24.1 Å². The number of alkyl halides is 3. The minimum absolute atomic E-state index is 0. The summed E-state index contributed by atoms with van der Waals surface area (Å²) in [6.45, 7) is 2.37. The number of rotatable bonds is 5. The first kappa shape index (κ1) is 19.1. The average Bonchev–Trinajstić information content (AvgIpc) is 2.47. The zero-order valence-corrected chi connectivity index (χ0v) is 13.2. The molecule has 0 aromatic heterocycles. The van der Waals surface area contributed by atoms with Gasteiger partial charge in [-0.1, -0.05) is 30.3 Å². The van der Waals surface area contributed by atoms with Gasteiger partial charge >= 0.3 is 6.36 Å². The van der Waals surface area contributed by atoms with Crippen LogP contribution < -0.4 is 15.2 Å². The van der Waals surface area contributed by atoms with Crippen molar-refractivity contribution in [2.75, 3.05) is 6.61 Å². The van der Waals surface area contributed by atoms with Gasteiger partial charge in [-0.3, -0.25) is 0 Å². The summed E-state index contributed by atoms with van der Waals surface area (Å²) in [6.07, 6.45) is -4.70. The number of hydrogen-bond donors (Lipinski definition) is 1. The summed E-state index contributed by atoms with van der Waals surface area (Å²) in [6, 6.07) is 12.3. The van der Waals surface area contributed by atoms with Crippen LogP contribution in [-0.4, -0.2) is 13.0 Å². The molecule has 2 aromatic carbocycles. The monoisotopic (exact) mass is 347 g/mol. The fraction of sp³-hybridized carbons (Fsp3) is 0.250. The van der Waals surface area contributed by atoms with Crippen molar-refractivity contribution >= 4 is 12.4 Å². The second-order valence-corrected chi connectivity index (χ2v) is 4.57. The Bertz CT molecular complexity index is 617. The van der Waals surface area contributed by atoms with Crippen LogP contribution in [0.3, 0.4) is 0 Å². The molecule has 7 heteroatoms. The van der Waals surface area contributed by atoms with Gasteiger partial charge in [-0.05, 0) is 30.7 Å². The SMILES string of the molecule is CCOc1ccccc1[C@H](N)c1ccc(OC(F)(F)F)cc1.Cl. The molecule has 0 aliphatic carbocycles. The summed E-state index contributed by atoms with van der Waals surface area (Å²) in [5, 5.41) is 0. The van der Waals surface area contributed by atoms with Crippen molar-refractivity contribution in [3.63, 3.8) is 0 Å². The summed E-state index contributed by atoms with van der Waals surface area (Å²) < 4.78 is 45.8. The Labute approximate surface area is 138 Å². The zero-order valence-electron chi connectivity index (χ0n) is 12.3. The Morgan fingerprint density at radius 2 is 1.65 bits per heavy atom. The molecule has 126 valence electrons. The van der Waals surface area contributed by atoms with Crippen molar-refractivity contribution in [2.45, 2.75) is 19.3 Å². The first-order chi connectivity index (χ1) is 10.4. The minimum atomic E-state index is -4.70. The van der Waals surface area contributed by atoms with Crippen molar-refractivity contribution in [3.05, 3.63) is 59.7 Å². The van der Waals surface area contributed by atoms with E-state index < -0.39 is 12.4 Å². The molecule has 0 saturated carbocycles. The smallest absolute Gasteiger partial charge is 0.494 e. The van der Waals surface area contributed by atoms with E-state index in [0.717, 1.165) is 5.56 Å². The second-order valence-electron chi connectivity index (χ2n) is 4.57. The molecule has 0 radical (unpaired) electrons. The van der Waals surface area contributed by atoms with Gasteiger partial charge in [0, 0.05) is 5.56 Å². The van der Waals surface area contributed by atoms with E-state index in [1.807, 2.05) is 25.1 Å². The van der Waals surface area contributed by atoms with Crippen molar-refractivity contribution < 1.29 is 22.6 Å². The first-order valence-electron chi connectivity index (χ1n) is 6.73. The number of benzene rings is 2. The highest BCUT2D eigenvalue weighted by molar-refractivity contribution is 5.85. The zero-order chi connectivity index (χ0) is 16.2. The van der Waals surface area contributed by atoms with Crippen LogP contribution in [0.15, 0.2) is 48.5 Å². The van der Waals surface area contributed by atoms with Gasteiger partial charge < -0.3 is 15.2 Å². The molecule has 23 heavy (non-hydrogen) atoms. The Kier molecular flexibility index (Phi) is 6.72. The molecule has 0 bridgehead atoms. The van der Waals surface area contributed by atoms with E-state index in [2.05, 4.69) is 4.74 Å². The third kappa shape index (κ3) is 5.33. The van der Waals surface area contributed by atoms with E-state index in [0.29, 0.717) is 17.9 Å². The number of halogens is 4. The quantitative estimate of drug-likeness (QED) is 0.868. The molecule has 0 amide bonds. The third-order valence-corrected chi connectivity index (χ3v) is 3.03. The lowest BCUT2D eigenvalue weighted by atomic mass is 9.99. The highest BCUT2D eigenvalue weighted by Gasteiger charge is 2.31. The molecular formula is C16H17ClF3NO2. The summed E-state index contributed by atoms with van der Waals surface area (Å²) in [5.74, 6) is 0.384. The molecule has 0 spiro atoms. The van der Waals surface area contributed by atoms with E-state index in [1.54, 1.807) is 6.07 Å². The Morgan fingerprint density at radius 1 is 1.04 bits per heavy atom. The molecule has 2 aromatic rings. The Balaban J connectivity index is 0.00000264. The maximum absolute atomic E-state index is 12.1. The normalized spacial score (nSPS) is 12.2. The predicted octanol–water partition coefficient (Wildman–Crippen LogP) is 4.45. The minimum Gasteiger partial charge on any atom is -0.494 e. The largest absolute Gasteiger partial charge is 0.573 e. The molecule has 0 saturated heterocycles. The first-order valence-corrected chi connectivity index (χ1v) is 6.73. The van der Waals surface area contributed by atoms with Crippen molar-refractivity contribution in [3.8, 4) is 11.5 Å². The second kappa shape index (κ2) is 8.08. The van der Waals surface area contributed by atoms with Crippen LogP contribution in [0.2, 0.25) is 0 Å². The highest BCUT2D eigenvalue weighted by Crippen LogP contribution is 2.30. The number of nitrogens with two attached hydrogens (primary N) is 1. The van der Waals surface area contributed by atoms with E-state index in [4.69, 9.17) is 10.5 Å². The van der Waals surface area contributed by atoms with Gasteiger partial charge in [0.25, 0.3) is 0 Å². The molecule has 0 unspecified atom stereocenters. The fourth-order valence-electron chi connectivity index (χ4n) is 2.08. The van der Waals surface area contributed by atoms with Gasteiger partial charge in [0.15, 0.2) is 0 Å². The molecule has 0 aliphatic heterocycles. The molecule has 2 N–H and O–H groups in total. The van der Waals surface area contributed by atoms with Gasteiger partial charge in [0.1, 0.15) is 11.5 Å². The van der Waals surface area contributed by atoms with E-state index in [-0.39, 0.29) is 18.2 Å². The lowest BCUT2D eigenvalue weighted by Gasteiger charge is -2.17. The average molecular weight is 348 g/mol. The predicted molar refractivity (Wildman–Crippen MR) is 84.0 cm³/mol. The Morgan fingerprint density at radius 3 is 2.22 bits per heavy atom. The topological polar surface area (TPSA) is 44.5 Å². The van der Waals surface area contributed by atoms with Crippen LogP contribution in [0, 0.1) is 0 Å². The van der Waals surface area contributed by atoms with E-state index >= 15 is 0 Å². The van der Waals surface area contributed by atoms with Gasteiger partial charge in [0.2, 0.25) is 0 Å². The van der Waals surface area contributed by atoms with Crippen LogP contribution in [0.4, 0.5) is 13.2 Å². The van der Waals surface area contributed by atoms with E-state index in [9.17, 15) is 13.2 Å². The number of ether oxygens (including phenoxy) is 2. The summed E-state index contributed by atoms with van der Waals surface area (Å²) in [4.78, 5) is 0. The maximum atomic E-state index is 12.1. The van der Waals surface area contributed by atoms with Gasteiger partial charge in [-0.15, -0.1) is 25.6 Å². The third-order valence-electron chi connectivity index (χ3n) is 3.03. The molecule has 1 atom stereocenters. The molecule has 3 nitrogen and oxygen atoms in total. The van der Waals surface area contributed by atoms with Crippen LogP contribution in [-0.2, 0) is 0 Å². The van der Waals surface area contributed by atoms with Crippen molar-refractivity contribution in [2.24, 2.45) is 5.73 Å². The standard InChI is InChI=1S/C16H16F3NO2.ClH/c1-2-21-14-6-4-3-5-13(14)15(20)11-7-9-12(10-8-11)22-16(17,18)19;/h3-10,15H,2,20H2,1H3;1H/t15-;/m1./s1. The molecule has 0 heterocycles. The van der Waals surface area contributed by atoms with Gasteiger partial charge in [-0.25, -0.2) is 0 Å². The lowest BCUT2D eigenvalue weighted by molar-refractivity contribution is -0.274. The van der Waals surface area contributed by atoms with Crippen LogP contribution >= 0.6 is 12.4 Å². The van der Waals surface area contributed by atoms with Crippen molar-refractivity contribution in [1.29, 1.82) is 0 Å². The Hall–Kier alpha value is -1.92. The molecule has 2 rings (SSSR count). The van der Waals surface area contributed by atoms with Crippen LogP contribution in [0.25, 0.3) is 0 Å². The summed E-state index contributed by atoms with van der Waals surface area (Å²) in [5.41, 5.74) is 7.62. The van der Waals surface area contributed by atoms with Gasteiger partial charge in [0.05, 0.1) is 12.6 Å². The maximum Gasteiger partial charge on any atom is 0.573 e. The summed E-state index contributed by atoms with van der Waals surface area (Å²) in [7, 11) is 0. The van der Waals surface area contributed by atoms with Gasteiger partial charge in [-0.2, -0.15) is 0 Å². The van der Waals surface area contributed by atoms with Crippen molar-refractivity contribution in [1.82, 2.24) is 0 Å². The number of para-hydroxylation sites is 1. The lowest BCUT2D eigenvalue weighted by Crippen LogP contribution is -2.17. The van der Waals surface area contributed by atoms with E-state index in [1.165, 1.54) is 24.3 Å². The molecule has 0 aliphatic rings. The molecular weight excluding hydrogens is 331 g/mol. The van der Waals surface area contributed by atoms with Crippen LogP contribution in [0.5, 0.6) is 11.5 Å². The number of hydrogen-bond acceptors (Lipinski definition) is 3. The molecule has 0 fully saturated rings.